The Bertz CT molecular complexity index is 5550. The summed E-state index contributed by atoms with van der Waals surface area (Å²) in [6.07, 6.45) is 2.55. The average molecular weight is 1720 g/mol. The van der Waals surface area contributed by atoms with E-state index in [1.54, 1.807) is 131 Å². The lowest BCUT2D eigenvalue weighted by molar-refractivity contribution is -0.814. The van der Waals surface area contributed by atoms with Gasteiger partial charge in [0.15, 0.2) is 6.54 Å². The van der Waals surface area contributed by atoms with Crippen LogP contribution in [0.2, 0.25) is 0 Å². The minimum absolute atomic E-state index is 0.126. The summed E-state index contributed by atoms with van der Waals surface area (Å²) in [5.41, 5.74) is 7.70. The number of hydrogen-bond donors (Lipinski definition) is 0. The van der Waals surface area contributed by atoms with E-state index in [1.165, 1.54) is 24.3 Å². The summed E-state index contributed by atoms with van der Waals surface area (Å²) in [5.74, 6) is -1.12. The number of para-hydroxylation sites is 4. The summed E-state index contributed by atoms with van der Waals surface area (Å²) in [5, 5.41) is 22.6. The van der Waals surface area contributed by atoms with Crippen LogP contribution >= 0.6 is 0 Å². The van der Waals surface area contributed by atoms with E-state index in [1.807, 2.05) is 198 Å². The SMILES string of the molecule is CCCOC(=O)c1ccc(OCC(COc2ccc(C(=O)OCCC)cc2)(COc2cccc(F)c2)Cn2nc3c(-c4ccc(N(c5ccccc5)c5ccccc5)cc4)c4n[n+](CC(COc5ccc(C(=O)OCCC)cc5)(COc5ccc(C(=O)OCCC)cc5)COc5cccc(F)c5)[n-]c4c(-c4ccc(N(c5ccccc5)c5ccccc5)cc4)c3n2)cc1. The van der Waals surface area contributed by atoms with Crippen LogP contribution < -0.4 is 48.1 Å². The molecule has 0 fully saturated rings. The second-order valence-corrected chi connectivity index (χ2v) is 31.0. The van der Waals surface area contributed by atoms with Gasteiger partial charge in [-0.25, -0.2) is 28.0 Å². The summed E-state index contributed by atoms with van der Waals surface area (Å²) in [6.45, 7) is 7.28. The first-order valence-electron chi connectivity index (χ1n) is 42.7. The van der Waals surface area contributed by atoms with E-state index in [0.717, 1.165) is 34.1 Å². The lowest BCUT2D eigenvalue weighted by Crippen LogP contribution is -2.55. The van der Waals surface area contributed by atoms with E-state index in [4.69, 9.17) is 67.8 Å². The van der Waals surface area contributed by atoms with Gasteiger partial charge in [0.05, 0.1) is 60.6 Å². The number of ether oxygens (including phenoxy) is 10. The third kappa shape index (κ3) is 21.9. The smallest absolute Gasteiger partial charge is 0.338 e. The Morgan fingerprint density at radius 3 is 0.953 bits per heavy atom. The van der Waals surface area contributed by atoms with Gasteiger partial charge in [0.25, 0.3) is 0 Å². The molecule has 0 aliphatic rings. The molecule has 0 atom stereocenters. The number of esters is 4. The summed E-state index contributed by atoms with van der Waals surface area (Å²) >= 11 is 0. The van der Waals surface area contributed by atoms with Crippen molar-refractivity contribution in [3.63, 3.8) is 0 Å². The highest BCUT2D eigenvalue weighted by molar-refractivity contribution is 6.16. The van der Waals surface area contributed by atoms with Gasteiger partial charge < -0.3 is 57.2 Å². The molecular formula is C104H96F2N8O14. The number of halogens is 2. The molecule has 650 valence electrons. The lowest BCUT2D eigenvalue weighted by Gasteiger charge is -2.32. The topological polar surface area (TPSA) is 229 Å². The summed E-state index contributed by atoms with van der Waals surface area (Å²) in [7, 11) is 0. The zero-order chi connectivity index (χ0) is 88.6. The van der Waals surface area contributed by atoms with Crippen molar-refractivity contribution in [2.45, 2.75) is 66.5 Å². The molecule has 0 bridgehead atoms. The second-order valence-electron chi connectivity index (χ2n) is 31.0. The quantitative estimate of drug-likeness (QED) is 0.0197. The van der Waals surface area contributed by atoms with E-state index >= 15 is 8.78 Å². The minimum atomic E-state index is -1.35. The van der Waals surface area contributed by atoms with Gasteiger partial charge in [0.2, 0.25) is 0 Å². The third-order valence-electron chi connectivity index (χ3n) is 21.1. The highest BCUT2D eigenvalue weighted by atomic mass is 19.1. The molecular weight excluding hydrogens is 1620 g/mol. The molecule has 0 saturated heterocycles. The van der Waals surface area contributed by atoms with Gasteiger partial charge in [0, 0.05) is 68.4 Å². The number of anilines is 6. The molecule has 0 radical (unpaired) electrons. The van der Waals surface area contributed by atoms with Crippen molar-refractivity contribution in [1.82, 2.24) is 25.2 Å². The molecule has 2 heterocycles. The maximum atomic E-state index is 15.4. The van der Waals surface area contributed by atoms with Crippen molar-refractivity contribution in [2.75, 3.05) is 75.9 Å². The highest BCUT2D eigenvalue weighted by Gasteiger charge is 2.41. The largest absolute Gasteiger partial charge is 0.493 e. The van der Waals surface area contributed by atoms with E-state index in [2.05, 4.69) is 9.80 Å². The van der Waals surface area contributed by atoms with Gasteiger partial charge in [-0.2, -0.15) is 30.0 Å². The molecule has 0 N–H and O–H groups in total. The number of aromatic nitrogens is 6. The Balaban J connectivity index is 0.948. The normalized spacial score (nSPS) is 11.4. The van der Waals surface area contributed by atoms with Crippen LogP contribution in [0, 0.1) is 22.5 Å². The van der Waals surface area contributed by atoms with Crippen molar-refractivity contribution in [3.05, 3.63) is 349 Å². The van der Waals surface area contributed by atoms with E-state index in [9.17, 15) is 19.2 Å². The minimum Gasteiger partial charge on any atom is -0.493 e. The number of carbonyl (C=O) groups excluding carboxylic acids is 4. The van der Waals surface area contributed by atoms with Gasteiger partial charge in [0.1, 0.15) is 102 Å². The molecule has 2 aromatic heterocycles. The number of hydrogen-bond acceptors (Lipinski definition) is 19. The van der Waals surface area contributed by atoms with Crippen LogP contribution in [0.3, 0.4) is 0 Å². The molecule has 0 amide bonds. The van der Waals surface area contributed by atoms with Gasteiger partial charge in [-0.05, 0) is 231 Å². The zero-order valence-electron chi connectivity index (χ0n) is 71.4. The first-order chi connectivity index (χ1) is 62.6. The molecule has 0 saturated carbocycles. The maximum absolute atomic E-state index is 15.4. The van der Waals surface area contributed by atoms with Crippen molar-refractivity contribution in [2.24, 2.45) is 10.8 Å². The summed E-state index contributed by atoms with van der Waals surface area (Å²) in [4.78, 5) is 60.3. The van der Waals surface area contributed by atoms with Gasteiger partial charge in [-0.15, -0.1) is 0 Å². The van der Waals surface area contributed by atoms with Crippen LogP contribution in [0.25, 0.3) is 44.3 Å². The Hall–Kier alpha value is -15.2. The maximum Gasteiger partial charge on any atom is 0.338 e. The Labute approximate surface area is 740 Å². The van der Waals surface area contributed by atoms with Crippen LogP contribution in [-0.2, 0) is 32.0 Å². The van der Waals surface area contributed by atoms with Gasteiger partial charge >= 0.3 is 23.9 Å². The van der Waals surface area contributed by atoms with Gasteiger partial charge in [-0.3, -0.25) is 0 Å². The summed E-state index contributed by atoms with van der Waals surface area (Å²) in [6, 6.07) is 94.4. The number of fused-ring (bicyclic) bond motifs is 2. The summed E-state index contributed by atoms with van der Waals surface area (Å²) < 4.78 is 93.7. The second kappa shape index (κ2) is 42.0. The van der Waals surface area contributed by atoms with Crippen LogP contribution in [0.15, 0.2) is 315 Å². The molecule has 128 heavy (non-hydrogen) atoms. The van der Waals surface area contributed by atoms with Crippen LogP contribution in [0.1, 0.15) is 94.8 Å². The molecule has 15 rings (SSSR count). The van der Waals surface area contributed by atoms with Crippen LogP contribution in [0.5, 0.6) is 34.5 Å². The van der Waals surface area contributed by atoms with Crippen molar-refractivity contribution in [3.8, 4) is 56.8 Å². The number of nitrogens with zero attached hydrogens (tertiary/aromatic N) is 8. The number of benzene rings is 13. The first kappa shape index (κ1) is 87.7. The Morgan fingerprint density at radius 1 is 0.336 bits per heavy atom. The fourth-order valence-corrected chi connectivity index (χ4v) is 14.6. The monoisotopic (exact) mass is 1720 g/mol. The van der Waals surface area contributed by atoms with Crippen LogP contribution in [0.4, 0.5) is 42.9 Å². The third-order valence-corrected chi connectivity index (χ3v) is 21.1. The molecule has 22 nitrogen and oxygen atoms in total. The standard InChI is InChI=1S/C104H96F2N8O14/c1-5-59-119-99(115)75-39-51-87(52-40-75)123-67-103(71-127-91-33-21-23-79(105)63-91,68-124-88-53-41-76(42-54-88)100(116)120-60-6-2)65-111-107-95-93(73-35-47-85(48-36-73)113(81-25-13-9-14-26-81)82-27-15-10-16-28-82)97-98(94(96(95)108-111)74-37-49-86(50-38-74)114(83-29-17-11-18-30-83)84-31-19-12-20-32-84)110-112(109-97)66-104(72-128-92-34-22-24-80(106)64-92,69-125-89-55-43-77(44-56-89)101(117)121-61-7-3)70-126-90-57-45-78(46-58-90)102(118)122-62-8-4/h9-58,63-64H,5-8,59-62,65-72H2,1-4H3. The Kier molecular flexibility index (Phi) is 28.8. The molecule has 0 aliphatic carbocycles. The molecule has 13 aromatic carbocycles. The van der Waals surface area contributed by atoms with E-state index in [0.29, 0.717) is 115 Å². The number of carbonyl (C=O) groups is 4. The van der Waals surface area contributed by atoms with Gasteiger partial charge in [-0.1, -0.05) is 137 Å². The van der Waals surface area contributed by atoms with E-state index in [-0.39, 0.29) is 90.7 Å². The molecule has 0 aliphatic heterocycles. The highest BCUT2D eigenvalue weighted by Crippen LogP contribution is 2.45. The molecule has 0 unspecified atom stereocenters. The molecule has 0 spiro atoms. The molecule has 15 aromatic rings. The fourth-order valence-electron chi connectivity index (χ4n) is 14.6. The lowest BCUT2D eigenvalue weighted by atomic mass is 9.91. The first-order valence-corrected chi connectivity index (χ1v) is 42.7. The van der Waals surface area contributed by atoms with Crippen molar-refractivity contribution >= 4 is 80.1 Å². The van der Waals surface area contributed by atoms with Crippen molar-refractivity contribution in [1.29, 1.82) is 0 Å². The van der Waals surface area contributed by atoms with Crippen molar-refractivity contribution < 1.29 is 80.1 Å². The Morgan fingerprint density at radius 2 is 0.633 bits per heavy atom. The predicted molar refractivity (Wildman–Crippen MR) is 485 cm³/mol. The van der Waals surface area contributed by atoms with E-state index < -0.39 is 46.3 Å². The fraction of sp³-hybridized carbons (Fsp3) is 0.212. The predicted octanol–water partition coefficient (Wildman–Crippen LogP) is 21.5. The average Bonchev–Trinajstić information content (AvgIpc) is 1.58. The van der Waals surface area contributed by atoms with Crippen LogP contribution in [-0.4, -0.2) is 110 Å². The number of rotatable bonds is 42. The zero-order valence-corrected chi connectivity index (χ0v) is 71.4. The molecule has 24 heteroatoms.